The second-order valence-electron chi connectivity index (χ2n) is 4.46. The van der Waals surface area contributed by atoms with E-state index in [2.05, 4.69) is 51.5 Å². The van der Waals surface area contributed by atoms with Crippen LogP contribution in [0.25, 0.3) is 0 Å². The van der Waals surface area contributed by atoms with Crippen LogP contribution in [0.1, 0.15) is 5.56 Å². The molecular weight excluding hydrogens is 206 g/mol. The molecular formula is C12H19NO3. The van der Waals surface area contributed by atoms with Crippen molar-refractivity contribution in [3.8, 4) is 0 Å². The second-order valence-corrected chi connectivity index (χ2v) is 4.46. The van der Waals surface area contributed by atoms with Gasteiger partial charge in [0.15, 0.2) is 0 Å². The highest BCUT2D eigenvalue weighted by Crippen LogP contribution is 2.05. The normalized spacial score (nSPS) is 10.2. The summed E-state index contributed by atoms with van der Waals surface area (Å²) >= 11 is 0. The van der Waals surface area contributed by atoms with Gasteiger partial charge >= 0.3 is 0 Å². The van der Waals surface area contributed by atoms with Gasteiger partial charge in [0.05, 0.1) is 33.7 Å². The van der Waals surface area contributed by atoms with E-state index in [0.29, 0.717) is 0 Å². The van der Waals surface area contributed by atoms with Crippen LogP contribution >= 0.6 is 0 Å². The van der Waals surface area contributed by atoms with Gasteiger partial charge in [0.25, 0.3) is 0 Å². The standard InChI is InChI=1S/C10H16N.C2H4O3/c1-11(2,3)9-10-7-5-4-6-8-10;3-1-2(4)5/h4-8H,9H2,1-3H3;3H,1H2,(H,4,5)/q+1;/p-1. The third kappa shape index (κ3) is 9.18. The maximum absolute atomic E-state index is 9.01. The van der Waals surface area contributed by atoms with Crippen LogP contribution in [-0.4, -0.2) is 43.3 Å². The molecule has 0 aliphatic rings. The van der Waals surface area contributed by atoms with E-state index in [1.165, 1.54) is 5.56 Å². The summed E-state index contributed by atoms with van der Waals surface area (Å²) < 4.78 is 0.990. The van der Waals surface area contributed by atoms with Gasteiger partial charge in [-0.3, -0.25) is 0 Å². The van der Waals surface area contributed by atoms with E-state index in [-0.39, 0.29) is 0 Å². The number of carbonyl (C=O) groups excluding carboxylic acids is 1. The van der Waals surface area contributed by atoms with Crippen LogP contribution in [-0.2, 0) is 11.3 Å². The Labute approximate surface area is 96.3 Å². The molecule has 1 aromatic rings. The average Bonchev–Trinajstić information content (AvgIpc) is 2.17. The first-order valence-corrected chi connectivity index (χ1v) is 5.00. The minimum atomic E-state index is -1.44. The molecule has 0 fully saturated rings. The van der Waals surface area contributed by atoms with E-state index in [0.717, 1.165) is 11.0 Å². The third-order valence-corrected chi connectivity index (χ3v) is 1.63. The largest absolute Gasteiger partial charge is 0.548 e. The zero-order chi connectivity index (χ0) is 12.6. The van der Waals surface area contributed by atoms with E-state index < -0.39 is 12.6 Å². The Bertz CT molecular complexity index is 304. The first kappa shape index (κ1) is 14.6. The molecule has 0 aliphatic carbocycles. The molecule has 1 aromatic carbocycles. The van der Waals surface area contributed by atoms with E-state index in [1.807, 2.05) is 0 Å². The molecule has 0 atom stereocenters. The molecule has 90 valence electrons. The summed E-state index contributed by atoms with van der Waals surface area (Å²) in [6, 6.07) is 10.6. The fourth-order valence-electron chi connectivity index (χ4n) is 1.13. The zero-order valence-electron chi connectivity index (χ0n) is 10.0. The number of nitrogens with zero attached hydrogens (tertiary/aromatic N) is 1. The van der Waals surface area contributed by atoms with Gasteiger partial charge in [0, 0.05) is 5.56 Å². The quantitative estimate of drug-likeness (QED) is 0.713. The fourth-order valence-corrected chi connectivity index (χ4v) is 1.13. The van der Waals surface area contributed by atoms with Crippen LogP contribution in [0.3, 0.4) is 0 Å². The molecule has 0 aliphatic heterocycles. The predicted octanol–water partition coefficient (Wildman–Crippen LogP) is -0.379. The number of hydrogen-bond acceptors (Lipinski definition) is 3. The summed E-state index contributed by atoms with van der Waals surface area (Å²) in [5.74, 6) is -1.44. The summed E-state index contributed by atoms with van der Waals surface area (Å²) in [5, 5.41) is 16.5. The average molecular weight is 225 g/mol. The van der Waals surface area contributed by atoms with Crippen LogP contribution in [0.15, 0.2) is 30.3 Å². The monoisotopic (exact) mass is 225 g/mol. The number of benzene rings is 1. The lowest BCUT2D eigenvalue weighted by Crippen LogP contribution is -2.33. The van der Waals surface area contributed by atoms with Crippen molar-refractivity contribution in [2.75, 3.05) is 27.7 Å². The molecule has 0 saturated heterocycles. The molecule has 0 aromatic heterocycles. The van der Waals surface area contributed by atoms with Crippen LogP contribution < -0.4 is 5.11 Å². The third-order valence-electron chi connectivity index (χ3n) is 1.63. The molecule has 16 heavy (non-hydrogen) atoms. The number of aliphatic hydroxyl groups excluding tert-OH is 1. The highest BCUT2D eigenvalue weighted by molar-refractivity contribution is 5.65. The van der Waals surface area contributed by atoms with Gasteiger partial charge in [-0.1, -0.05) is 30.3 Å². The van der Waals surface area contributed by atoms with Crippen molar-refractivity contribution in [3.63, 3.8) is 0 Å². The lowest BCUT2D eigenvalue weighted by molar-refractivity contribution is -0.884. The van der Waals surface area contributed by atoms with Gasteiger partial charge in [0.1, 0.15) is 6.54 Å². The van der Waals surface area contributed by atoms with Crippen molar-refractivity contribution in [1.82, 2.24) is 0 Å². The molecule has 0 heterocycles. The Morgan fingerprint density at radius 1 is 1.25 bits per heavy atom. The Morgan fingerprint density at radius 2 is 1.69 bits per heavy atom. The van der Waals surface area contributed by atoms with Crippen molar-refractivity contribution in [1.29, 1.82) is 0 Å². The Morgan fingerprint density at radius 3 is 2.00 bits per heavy atom. The van der Waals surface area contributed by atoms with E-state index in [4.69, 9.17) is 15.0 Å². The summed E-state index contributed by atoms with van der Waals surface area (Å²) in [5.41, 5.74) is 1.40. The van der Waals surface area contributed by atoms with Gasteiger partial charge in [0.2, 0.25) is 0 Å². The summed E-state index contributed by atoms with van der Waals surface area (Å²) in [6.45, 7) is 0.209. The molecule has 0 spiro atoms. The molecule has 0 unspecified atom stereocenters. The lowest BCUT2D eigenvalue weighted by atomic mass is 10.2. The van der Waals surface area contributed by atoms with E-state index >= 15 is 0 Å². The Kier molecular flexibility index (Phi) is 6.37. The molecule has 0 bridgehead atoms. The Hall–Kier alpha value is -1.39. The number of rotatable bonds is 3. The van der Waals surface area contributed by atoms with Crippen molar-refractivity contribution in [2.45, 2.75) is 6.54 Å². The van der Waals surface area contributed by atoms with Gasteiger partial charge in [-0.05, 0) is 0 Å². The first-order valence-electron chi connectivity index (χ1n) is 5.00. The van der Waals surface area contributed by atoms with Crippen LogP contribution in [0.4, 0.5) is 0 Å². The number of aliphatic hydroxyl groups is 1. The minimum absolute atomic E-state index is 0.889. The van der Waals surface area contributed by atoms with Crippen molar-refractivity contribution in [3.05, 3.63) is 35.9 Å². The summed E-state index contributed by atoms with van der Waals surface area (Å²) in [7, 11) is 6.60. The Balaban J connectivity index is 0.000000385. The first-order chi connectivity index (χ1) is 7.35. The number of quaternary nitrogens is 1. The van der Waals surface area contributed by atoms with E-state index in [1.54, 1.807) is 0 Å². The summed E-state index contributed by atoms with van der Waals surface area (Å²) in [4.78, 5) is 9.01. The number of aliphatic carboxylic acids is 1. The van der Waals surface area contributed by atoms with Crippen LogP contribution in [0.5, 0.6) is 0 Å². The van der Waals surface area contributed by atoms with Crippen molar-refractivity contribution in [2.24, 2.45) is 0 Å². The molecule has 0 radical (unpaired) electrons. The maximum atomic E-state index is 9.01. The number of carbonyl (C=O) groups is 1. The molecule has 0 amide bonds. The maximum Gasteiger partial charge on any atom is 0.104 e. The molecule has 0 saturated carbocycles. The van der Waals surface area contributed by atoms with Crippen molar-refractivity contribution >= 4 is 5.97 Å². The smallest absolute Gasteiger partial charge is 0.104 e. The van der Waals surface area contributed by atoms with Crippen LogP contribution in [0.2, 0.25) is 0 Å². The molecule has 4 nitrogen and oxygen atoms in total. The minimum Gasteiger partial charge on any atom is -0.548 e. The van der Waals surface area contributed by atoms with Crippen LogP contribution in [0, 0.1) is 0 Å². The van der Waals surface area contributed by atoms with E-state index in [9.17, 15) is 0 Å². The highest BCUT2D eigenvalue weighted by Gasteiger charge is 2.06. The number of carboxylic acids is 1. The second kappa shape index (κ2) is 6.98. The predicted molar refractivity (Wildman–Crippen MR) is 60.3 cm³/mol. The number of carboxylic acid groups (broad SMARTS) is 1. The SMILES string of the molecule is C[N+](C)(C)Cc1ccccc1.O=C([O-])CO. The molecule has 1 N–H and O–H groups in total. The van der Waals surface area contributed by atoms with Crippen molar-refractivity contribution < 1.29 is 19.5 Å². The summed E-state index contributed by atoms with van der Waals surface area (Å²) in [6.07, 6.45) is 0. The van der Waals surface area contributed by atoms with Gasteiger partial charge in [-0.25, -0.2) is 0 Å². The highest BCUT2D eigenvalue weighted by atomic mass is 16.4. The number of hydrogen-bond donors (Lipinski definition) is 1. The van der Waals surface area contributed by atoms with Gasteiger partial charge in [-0.2, -0.15) is 0 Å². The molecule has 4 heteroatoms. The van der Waals surface area contributed by atoms with Gasteiger partial charge < -0.3 is 19.5 Å². The fraction of sp³-hybridized carbons (Fsp3) is 0.417. The van der Waals surface area contributed by atoms with Gasteiger partial charge in [-0.15, -0.1) is 0 Å². The zero-order valence-corrected chi connectivity index (χ0v) is 10.0. The molecule has 1 rings (SSSR count). The topological polar surface area (TPSA) is 60.4 Å². The lowest BCUT2D eigenvalue weighted by Gasteiger charge is -2.23.